The Morgan fingerprint density at radius 3 is 2.65 bits per heavy atom. The minimum Gasteiger partial charge on any atom is -0.325 e. The van der Waals surface area contributed by atoms with Gasteiger partial charge in [-0.3, -0.25) is 4.79 Å². The summed E-state index contributed by atoms with van der Waals surface area (Å²) in [6.07, 6.45) is 2.74. The number of benzene rings is 2. The predicted octanol–water partition coefficient (Wildman–Crippen LogP) is 2.84. The van der Waals surface area contributed by atoms with Crippen LogP contribution in [-0.4, -0.2) is 35.8 Å². The number of amides is 1. The van der Waals surface area contributed by atoms with Crippen LogP contribution in [-0.2, 0) is 21.4 Å². The lowest BCUT2D eigenvalue weighted by Crippen LogP contribution is -2.36. The molecule has 0 aliphatic rings. The summed E-state index contributed by atoms with van der Waals surface area (Å²) in [4.78, 5) is 12.3. The van der Waals surface area contributed by atoms with Crippen molar-refractivity contribution in [3.8, 4) is 0 Å². The molecule has 0 radical (unpaired) electrons. The van der Waals surface area contributed by atoms with Gasteiger partial charge in [0.2, 0.25) is 15.9 Å². The molecular formula is C17H16FN3O3S2. The van der Waals surface area contributed by atoms with Gasteiger partial charge in [-0.05, 0) is 47.4 Å². The fraction of sp³-hybridized carbons (Fsp3) is 0.176. The minimum atomic E-state index is -3.62. The lowest BCUT2D eigenvalue weighted by Gasteiger charge is -2.19. The molecular weight excluding hydrogens is 377 g/mol. The van der Waals surface area contributed by atoms with E-state index in [1.165, 1.54) is 35.8 Å². The highest BCUT2D eigenvalue weighted by molar-refractivity contribution is 7.88. The number of aromatic nitrogens is 1. The van der Waals surface area contributed by atoms with Crippen LogP contribution in [0, 0.1) is 5.82 Å². The van der Waals surface area contributed by atoms with E-state index in [1.54, 1.807) is 18.3 Å². The number of rotatable bonds is 6. The van der Waals surface area contributed by atoms with Crippen molar-refractivity contribution in [2.45, 2.75) is 6.54 Å². The first-order valence-electron chi connectivity index (χ1n) is 7.65. The lowest BCUT2D eigenvalue weighted by molar-refractivity contribution is -0.116. The van der Waals surface area contributed by atoms with Crippen molar-refractivity contribution < 1.29 is 17.6 Å². The van der Waals surface area contributed by atoms with Gasteiger partial charge in [0, 0.05) is 23.8 Å². The molecule has 26 heavy (non-hydrogen) atoms. The maximum atomic E-state index is 13.0. The Hall–Kier alpha value is -2.36. The van der Waals surface area contributed by atoms with Crippen LogP contribution in [0.15, 0.2) is 48.7 Å². The molecule has 1 aromatic heterocycles. The van der Waals surface area contributed by atoms with Crippen LogP contribution in [0.25, 0.3) is 10.1 Å². The van der Waals surface area contributed by atoms with Crippen molar-refractivity contribution in [1.82, 2.24) is 8.68 Å². The number of carbonyl (C=O) groups is 1. The maximum absolute atomic E-state index is 13.0. The molecule has 1 amide bonds. The third-order valence-corrected chi connectivity index (χ3v) is 5.67. The predicted molar refractivity (Wildman–Crippen MR) is 99.9 cm³/mol. The molecule has 136 valence electrons. The Morgan fingerprint density at radius 1 is 1.23 bits per heavy atom. The molecule has 1 N–H and O–H groups in total. The number of fused-ring (bicyclic) bond motifs is 1. The third-order valence-electron chi connectivity index (χ3n) is 3.70. The zero-order chi connectivity index (χ0) is 18.7. The van der Waals surface area contributed by atoms with E-state index in [-0.39, 0.29) is 13.1 Å². The summed E-state index contributed by atoms with van der Waals surface area (Å²) in [5.74, 6) is -0.865. The van der Waals surface area contributed by atoms with Crippen molar-refractivity contribution in [3.05, 3.63) is 60.0 Å². The first kappa shape index (κ1) is 18.4. The molecule has 0 bridgehead atoms. The minimum absolute atomic E-state index is 0.0139. The summed E-state index contributed by atoms with van der Waals surface area (Å²) in [5.41, 5.74) is 1.16. The summed E-state index contributed by atoms with van der Waals surface area (Å²) in [7, 11) is -3.62. The Kier molecular flexibility index (Phi) is 5.30. The van der Waals surface area contributed by atoms with Crippen LogP contribution in [0.4, 0.5) is 10.1 Å². The molecule has 6 nitrogen and oxygen atoms in total. The Morgan fingerprint density at radius 2 is 1.96 bits per heavy atom. The highest BCUT2D eigenvalue weighted by Gasteiger charge is 2.20. The van der Waals surface area contributed by atoms with Gasteiger partial charge in [-0.2, -0.15) is 8.68 Å². The molecule has 0 aliphatic carbocycles. The van der Waals surface area contributed by atoms with Gasteiger partial charge in [0.15, 0.2) is 0 Å². The van der Waals surface area contributed by atoms with Crippen molar-refractivity contribution in [1.29, 1.82) is 0 Å². The van der Waals surface area contributed by atoms with E-state index in [1.807, 2.05) is 6.07 Å². The normalized spacial score (nSPS) is 11.8. The Labute approximate surface area is 154 Å². The average Bonchev–Trinajstić information content (AvgIpc) is 3.03. The van der Waals surface area contributed by atoms with Crippen molar-refractivity contribution in [2.24, 2.45) is 0 Å². The van der Waals surface area contributed by atoms with E-state index in [4.69, 9.17) is 0 Å². The fourth-order valence-corrected chi connectivity index (χ4v) is 3.76. The first-order valence-corrected chi connectivity index (χ1v) is 10.3. The number of hydrogen-bond acceptors (Lipinski definition) is 5. The van der Waals surface area contributed by atoms with E-state index in [9.17, 15) is 17.6 Å². The smallest absolute Gasteiger partial charge is 0.239 e. The third kappa shape index (κ3) is 4.63. The summed E-state index contributed by atoms with van der Waals surface area (Å²) < 4.78 is 43.1. The fourth-order valence-electron chi connectivity index (χ4n) is 2.39. The number of nitrogens with zero attached hydrogens (tertiary/aromatic N) is 2. The second-order valence-electron chi connectivity index (χ2n) is 5.78. The molecule has 9 heteroatoms. The molecule has 0 spiro atoms. The second-order valence-corrected chi connectivity index (χ2v) is 8.60. The van der Waals surface area contributed by atoms with Crippen LogP contribution in [0.2, 0.25) is 0 Å². The van der Waals surface area contributed by atoms with Gasteiger partial charge in [0.25, 0.3) is 0 Å². The largest absolute Gasteiger partial charge is 0.325 e. The SMILES string of the molecule is CS(=O)(=O)N(CC(=O)Nc1ccc2sncc2c1)Cc1ccc(F)cc1. The average molecular weight is 393 g/mol. The number of sulfonamides is 1. The Bertz CT molecular complexity index is 1030. The molecule has 2 aromatic carbocycles. The van der Waals surface area contributed by atoms with Gasteiger partial charge < -0.3 is 5.32 Å². The highest BCUT2D eigenvalue weighted by atomic mass is 32.2. The molecule has 0 unspecified atom stereocenters. The van der Waals surface area contributed by atoms with E-state index >= 15 is 0 Å². The molecule has 1 heterocycles. The van der Waals surface area contributed by atoms with Gasteiger partial charge in [-0.15, -0.1) is 0 Å². The maximum Gasteiger partial charge on any atom is 0.239 e. The van der Waals surface area contributed by atoms with Crippen molar-refractivity contribution in [3.63, 3.8) is 0 Å². The summed E-state index contributed by atoms with van der Waals surface area (Å²) >= 11 is 1.35. The van der Waals surface area contributed by atoms with E-state index in [0.29, 0.717) is 11.3 Å². The van der Waals surface area contributed by atoms with E-state index < -0.39 is 21.7 Å². The topological polar surface area (TPSA) is 79.4 Å². The zero-order valence-electron chi connectivity index (χ0n) is 13.8. The molecule has 3 aromatic rings. The molecule has 0 saturated carbocycles. The molecule has 3 rings (SSSR count). The number of anilines is 1. The molecule has 0 aliphatic heterocycles. The number of hydrogen-bond donors (Lipinski definition) is 1. The van der Waals surface area contributed by atoms with Crippen LogP contribution in [0.1, 0.15) is 5.56 Å². The Balaban J connectivity index is 1.71. The van der Waals surface area contributed by atoms with E-state index in [0.717, 1.165) is 20.6 Å². The van der Waals surface area contributed by atoms with Crippen LogP contribution >= 0.6 is 11.5 Å². The number of halogens is 1. The van der Waals surface area contributed by atoms with Crippen molar-refractivity contribution in [2.75, 3.05) is 18.1 Å². The van der Waals surface area contributed by atoms with Gasteiger partial charge in [-0.25, -0.2) is 12.8 Å². The first-order chi connectivity index (χ1) is 12.3. The van der Waals surface area contributed by atoms with Crippen LogP contribution in [0.3, 0.4) is 0 Å². The summed E-state index contributed by atoms with van der Waals surface area (Å²) in [6.45, 7) is -0.351. The van der Waals surface area contributed by atoms with Crippen LogP contribution in [0.5, 0.6) is 0 Å². The monoisotopic (exact) mass is 393 g/mol. The summed E-state index contributed by atoms with van der Waals surface area (Å²) in [6, 6.07) is 10.8. The quantitative estimate of drug-likeness (QED) is 0.698. The van der Waals surface area contributed by atoms with E-state index in [2.05, 4.69) is 9.69 Å². The zero-order valence-corrected chi connectivity index (χ0v) is 15.5. The second kappa shape index (κ2) is 7.48. The number of carbonyl (C=O) groups excluding carboxylic acids is 1. The van der Waals surface area contributed by atoms with Gasteiger partial charge in [0.1, 0.15) is 5.82 Å². The van der Waals surface area contributed by atoms with Crippen molar-refractivity contribution >= 4 is 43.2 Å². The summed E-state index contributed by atoms with van der Waals surface area (Å²) in [5, 5.41) is 3.60. The number of nitrogens with one attached hydrogen (secondary N) is 1. The molecule has 0 saturated heterocycles. The molecule has 0 fully saturated rings. The lowest BCUT2D eigenvalue weighted by atomic mass is 10.2. The van der Waals surface area contributed by atoms with Gasteiger partial charge in [-0.1, -0.05) is 12.1 Å². The van der Waals surface area contributed by atoms with Gasteiger partial charge >= 0.3 is 0 Å². The molecule has 0 atom stereocenters. The highest BCUT2D eigenvalue weighted by Crippen LogP contribution is 2.22. The van der Waals surface area contributed by atoms with Gasteiger partial charge in [0.05, 0.1) is 17.5 Å². The van der Waals surface area contributed by atoms with Crippen LogP contribution < -0.4 is 5.32 Å². The standard InChI is InChI=1S/C17H16FN3O3S2/c1-26(23,24)21(10-12-2-4-14(18)5-3-12)11-17(22)20-15-6-7-16-13(8-15)9-19-25-16/h2-9H,10-11H2,1H3,(H,20,22).